The Bertz CT molecular complexity index is 1340. The minimum absolute atomic E-state index is 0. The molecule has 4 heteroatoms. The quantitative estimate of drug-likeness (QED) is 0.202. The second-order valence-electron chi connectivity index (χ2n) is 11.0. The van der Waals surface area contributed by atoms with Crippen molar-refractivity contribution < 1.29 is 48.1 Å². The van der Waals surface area contributed by atoms with Crippen LogP contribution in [0.5, 0.6) is 0 Å². The Morgan fingerprint density at radius 1 is 0.615 bits per heavy atom. The average molecular weight is 653 g/mol. The van der Waals surface area contributed by atoms with Crippen LogP contribution in [0.15, 0.2) is 91.0 Å². The van der Waals surface area contributed by atoms with Crippen LogP contribution in [-0.4, -0.2) is 5.43 Å². The second kappa shape index (κ2) is 17.4. The first-order valence-electron chi connectivity index (χ1n) is 13.6. The Balaban J connectivity index is 0.000000292. The third-order valence-corrected chi connectivity index (χ3v) is 10.0. The summed E-state index contributed by atoms with van der Waals surface area (Å²) in [5.41, 5.74) is 5.84. The second-order valence-corrected chi connectivity index (χ2v) is 18.3. The van der Waals surface area contributed by atoms with Gasteiger partial charge in [0.15, 0.2) is 0 Å². The third kappa shape index (κ3) is 10.5. The molecule has 0 heterocycles. The Kier molecular flexibility index (Phi) is 15.9. The van der Waals surface area contributed by atoms with Crippen molar-refractivity contribution in [2.45, 2.75) is 60.9 Å². The van der Waals surface area contributed by atoms with Crippen LogP contribution in [0.25, 0.3) is 21.5 Å². The van der Waals surface area contributed by atoms with Gasteiger partial charge in [-0.3, -0.25) is 0 Å². The number of rotatable bonds is 5. The summed E-state index contributed by atoms with van der Waals surface area (Å²) < 4.78 is 0. The summed E-state index contributed by atoms with van der Waals surface area (Å²) in [6.45, 7) is 15.9. The molecule has 206 valence electrons. The number of hydrogen-bond acceptors (Lipinski definition) is 0. The van der Waals surface area contributed by atoms with Crippen molar-refractivity contribution in [1.82, 2.24) is 0 Å². The van der Waals surface area contributed by atoms with Crippen LogP contribution in [-0.2, 0) is 36.2 Å². The molecular formula is C35H42Cl2SiZr-2. The maximum atomic E-state index is 2.35. The largest absolute Gasteiger partial charge is 1.00 e. The van der Waals surface area contributed by atoms with E-state index in [1.54, 1.807) is 28.5 Å². The standard InChI is InChI=1S/2C14H17.C7H8Si.2ClH.Zr/c2*1-10(2)8-14-11(3)9-12-6-4-5-7-13(12)14;1-8-7-5-3-2-4-6-7;;;/h2*4-7,9-10H,8H2,1-3H3;2-6H,1H3;2*1H;/q2*-1;;;;+2/p-2. The molecule has 0 atom stereocenters. The molecule has 0 unspecified atom stereocenters. The van der Waals surface area contributed by atoms with Crippen molar-refractivity contribution in [1.29, 1.82) is 0 Å². The van der Waals surface area contributed by atoms with Gasteiger partial charge in [0.05, 0.1) is 0 Å². The zero-order valence-corrected chi connectivity index (χ0v) is 29.5. The van der Waals surface area contributed by atoms with Gasteiger partial charge in [0.25, 0.3) is 0 Å². The molecule has 0 aliphatic heterocycles. The van der Waals surface area contributed by atoms with Gasteiger partial charge in [-0.05, 0) is 0 Å². The van der Waals surface area contributed by atoms with Crippen molar-refractivity contribution >= 4 is 32.2 Å². The van der Waals surface area contributed by atoms with Gasteiger partial charge in [-0.25, -0.2) is 0 Å². The predicted molar refractivity (Wildman–Crippen MR) is 163 cm³/mol. The Morgan fingerprint density at radius 3 is 1.31 bits per heavy atom. The number of halogens is 2. The summed E-state index contributed by atoms with van der Waals surface area (Å²) in [6.07, 6.45) is 2.39. The van der Waals surface area contributed by atoms with E-state index in [0.717, 1.165) is 11.8 Å². The summed E-state index contributed by atoms with van der Waals surface area (Å²) in [6, 6.07) is 32.7. The summed E-state index contributed by atoms with van der Waals surface area (Å²) in [4.78, 5) is 0. The molecule has 0 nitrogen and oxygen atoms in total. The molecule has 0 amide bonds. The van der Waals surface area contributed by atoms with Crippen LogP contribution in [0.2, 0.25) is 6.55 Å². The average Bonchev–Trinajstić information content (AvgIpc) is 3.35. The first-order valence-corrected chi connectivity index (χ1v) is 19.2. The van der Waals surface area contributed by atoms with E-state index in [1.807, 2.05) is 0 Å². The van der Waals surface area contributed by atoms with E-state index in [2.05, 4.69) is 139 Å². The molecule has 0 bridgehead atoms. The van der Waals surface area contributed by atoms with Gasteiger partial charge in [-0.15, -0.1) is 80.2 Å². The zero-order valence-electron chi connectivity index (χ0n) is 24.5. The van der Waals surface area contributed by atoms with Crippen molar-refractivity contribution in [3.8, 4) is 0 Å². The van der Waals surface area contributed by atoms with E-state index >= 15 is 0 Å². The number of benzene rings is 3. The molecule has 39 heavy (non-hydrogen) atoms. The Morgan fingerprint density at radius 2 is 0.974 bits per heavy atom. The fraction of sp³-hybridized carbons (Fsp3) is 0.314. The van der Waals surface area contributed by atoms with Crippen molar-refractivity contribution in [3.05, 3.63) is 113 Å². The van der Waals surface area contributed by atoms with Gasteiger partial charge < -0.3 is 24.8 Å². The molecule has 0 spiro atoms. The zero-order chi connectivity index (χ0) is 26.9. The van der Waals surface area contributed by atoms with Gasteiger partial charge in [0, 0.05) is 0 Å². The van der Waals surface area contributed by atoms with Crippen LogP contribution in [0.4, 0.5) is 0 Å². The van der Waals surface area contributed by atoms with Crippen LogP contribution >= 0.6 is 0 Å². The molecule has 0 radical (unpaired) electrons. The minimum Gasteiger partial charge on any atom is -1.00 e. The minimum atomic E-state index is -0.122. The smallest absolute Gasteiger partial charge is 0.0511 e. The topological polar surface area (TPSA) is 0 Å². The first kappa shape index (κ1) is 35.6. The third-order valence-electron chi connectivity index (χ3n) is 6.70. The fourth-order valence-electron chi connectivity index (χ4n) is 4.91. The number of aryl methyl sites for hydroxylation is 2. The van der Waals surface area contributed by atoms with Crippen molar-refractivity contribution in [2.24, 2.45) is 11.8 Å². The van der Waals surface area contributed by atoms with E-state index in [0.29, 0.717) is 0 Å². The molecule has 0 saturated heterocycles. The van der Waals surface area contributed by atoms with E-state index in [1.165, 1.54) is 56.6 Å². The molecule has 0 N–H and O–H groups in total. The SMILES string of the molecule is C[Si](=[Zr+2])c1ccccc1.Cc1cc2ccccc2[c-]1CC(C)C.Cc1cc2ccccc2[c-]1CC(C)C.[Cl-].[Cl-]. The first-order chi connectivity index (χ1) is 17.7. The summed E-state index contributed by atoms with van der Waals surface area (Å²) in [5.74, 6) is 1.47. The molecule has 0 saturated carbocycles. The Hall–Kier alpha value is -1.44. The fourth-order valence-corrected chi connectivity index (χ4v) is 6.83. The summed E-state index contributed by atoms with van der Waals surface area (Å²) in [5, 5.41) is 7.22. The molecule has 0 aliphatic rings. The van der Waals surface area contributed by atoms with E-state index in [4.69, 9.17) is 0 Å². The van der Waals surface area contributed by atoms with E-state index in [9.17, 15) is 0 Å². The predicted octanol–water partition coefficient (Wildman–Crippen LogP) is 3.20. The Labute approximate surface area is 264 Å². The van der Waals surface area contributed by atoms with Crippen LogP contribution in [0.1, 0.15) is 49.9 Å². The van der Waals surface area contributed by atoms with Gasteiger partial charge in [-0.2, -0.15) is 12.1 Å². The molecule has 5 aromatic carbocycles. The van der Waals surface area contributed by atoms with Gasteiger partial charge in [0.2, 0.25) is 0 Å². The van der Waals surface area contributed by atoms with Crippen molar-refractivity contribution in [2.75, 3.05) is 0 Å². The van der Waals surface area contributed by atoms with Crippen LogP contribution < -0.4 is 30.0 Å². The summed E-state index contributed by atoms with van der Waals surface area (Å²) in [7, 11) is 0. The van der Waals surface area contributed by atoms with Gasteiger partial charge in [-0.1, -0.05) is 78.4 Å². The van der Waals surface area contributed by atoms with Crippen LogP contribution in [0, 0.1) is 25.7 Å². The number of hydrogen-bond donors (Lipinski definition) is 0. The van der Waals surface area contributed by atoms with Crippen LogP contribution in [0.3, 0.4) is 0 Å². The molecule has 0 aromatic heterocycles. The molecular weight excluding hydrogens is 611 g/mol. The molecule has 5 aromatic rings. The van der Waals surface area contributed by atoms with Gasteiger partial charge in [0.1, 0.15) is 0 Å². The number of fused-ring (bicyclic) bond motifs is 2. The molecule has 0 aliphatic carbocycles. The molecule has 5 rings (SSSR count). The van der Waals surface area contributed by atoms with Crippen molar-refractivity contribution in [3.63, 3.8) is 0 Å². The van der Waals surface area contributed by atoms with Gasteiger partial charge >= 0.3 is 70.8 Å². The summed E-state index contributed by atoms with van der Waals surface area (Å²) >= 11 is 1.69. The normalized spacial score (nSPS) is 10.3. The molecule has 0 fully saturated rings. The van der Waals surface area contributed by atoms with E-state index < -0.39 is 0 Å². The monoisotopic (exact) mass is 650 g/mol. The van der Waals surface area contributed by atoms with E-state index in [-0.39, 0.29) is 30.2 Å². The maximum Gasteiger partial charge on any atom is -0.0511 e. The maximum absolute atomic E-state index is 2.35.